The van der Waals surface area contributed by atoms with Crippen molar-refractivity contribution in [3.63, 3.8) is 0 Å². The number of nitrogens with one attached hydrogen (secondary N) is 2. The lowest BCUT2D eigenvalue weighted by Gasteiger charge is -2.12. The number of halogens is 4. The number of amides is 2. The number of aromatic nitrogens is 2. The van der Waals surface area contributed by atoms with E-state index >= 15 is 0 Å². The standard InChI is InChI=1S/C23H16ClF3N4O3/c24-19-9-6-15(11-18(19)23(25,26)27)30-22(33)29-14-4-7-17(8-5-14)34-13-16-12-21(32)31-10-2-1-3-20(31)28-16/h1-12H,13H2,(H2,29,30,33). The van der Waals surface area contributed by atoms with Crippen LogP contribution in [-0.2, 0) is 12.8 Å². The molecule has 2 amide bonds. The molecular formula is C23H16ClF3N4O3. The zero-order chi connectivity index (χ0) is 24.3. The highest BCUT2D eigenvalue weighted by molar-refractivity contribution is 6.31. The zero-order valence-electron chi connectivity index (χ0n) is 17.3. The van der Waals surface area contributed by atoms with Gasteiger partial charge in [0.2, 0.25) is 0 Å². The van der Waals surface area contributed by atoms with E-state index in [1.165, 1.54) is 16.5 Å². The van der Waals surface area contributed by atoms with Crippen molar-refractivity contribution in [2.24, 2.45) is 0 Å². The van der Waals surface area contributed by atoms with Crippen LogP contribution in [0.25, 0.3) is 5.65 Å². The third-order valence-electron chi connectivity index (χ3n) is 4.65. The van der Waals surface area contributed by atoms with Crippen LogP contribution in [0.5, 0.6) is 5.75 Å². The molecule has 0 radical (unpaired) electrons. The number of pyridine rings is 1. The highest BCUT2D eigenvalue weighted by atomic mass is 35.5. The molecule has 2 aromatic carbocycles. The van der Waals surface area contributed by atoms with Gasteiger partial charge in [-0.15, -0.1) is 0 Å². The SMILES string of the molecule is O=C(Nc1ccc(OCc2cc(=O)n3ccccc3n2)cc1)Nc1ccc(Cl)c(C(F)(F)F)c1. The summed E-state index contributed by atoms with van der Waals surface area (Å²) in [5.41, 5.74) is 0.0148. The molecule has 11 heteroatoms. The number of carbonyl (C=O) groups is 1. The van der Waals surface area contributed by atoms with Gasteiger partial charge in [-0.05, 0) is 54.6 Å². The van der Waals surface area contributed by atoms with E-state index in [1.54, 1.807) is 48.7 Å². The third-order valence-corrected chi connectivity index (χ3v) is 4.98. The number of ether oxygens (including phenoxy) is 1. The van der Waals surface area contributed by atoms with Crippen molar-refractivity contribution < 1.29 is 22.7 Å². The molecule has 7 nitrogen and oxygen atoms in total. The summed E-state index contributed by atoms with van der Waals surface area (Å²) in [5, 5.41) is 4.39. The number of hydrogen-bond acceptors (Lipinski definition) is 4. The zero-order valence-corrected chi connectivity index (χ0v) is 18.0. The molecule has 2 N–H and O–H groups in total. The van der Waals surface area contributed by atoms with Crippen molar-refractivity contribution in [2.75, 3.05) is 10.6 Å². The molecule has 0 aliphatic carbocycles. The summed E-state index contributed by atoms with van der Waals surface area (Å²) in [6.07, 6.45) is -3.02. The third kappa shape index (κ3) is 5.46. The molecule has 0 saturated heterocycles. The number of hydrogen-bond donors (Lipinski definition) is 2. The van der Waals surface area contributed by atoms with Crippen molar-refractivity contribution in [1.82, 2.24) is 9.38 Å². The maximum absolute atomic E-state index is 13.0. The number of benzene rings is 2. The number of urea groups is 1. The van der Waals surface area contributed by atoms with Crippen molar-refractivity contribution in [3.8, 4) is 5.75 Å². The minimum absolute atomic E-state index is 0.0615. The van der Waals surface area contributed by atoms with E-state index in [-0.39, 0.29) is 17.9 Å². The van der Waals surface area contributed by atoms with Crippen LogP contribution in [0.4, 0.5) is 29.3 Å². The lowest BCUT2D eigenvalue weighted by atomic mass is 10.2. The number of alkyl halides is 3. The molecule has 0 aliphatic rings. The first-order valence-electron chi connectivity index (χ1n) is 9.84. The molecular weight excluding hydrogens is 473 g/mol. The van der Waals surface area contributed by atoms with Gasteiger partial charge in [0.25, 0.3) is 5.56 Å². The Morgan fingerprint density at radius 1 is 1.00 bits per heavy atom. The molecule has 0 fully saturated rings. The molecule has 0 spiro atoms. The van der Waals surface area contributed by atoms with E-state index in [9.17, 15) is 22.8 Å². The number of nitrogens with zero attached hydrogens (tertiary/aromatic N) is 2. The van der Waals surface area contributed by atoms with E-state index in [1.807, 2.05) is 0 Å². The second-order valence-electron chi connectivity index (χ2n) is 7.10. The van der Waals surface area contributed by atoms with Crippen LogP contribution in [0, 0.1) is 0 Å². The van der Waals surface area contributed by atoms with Gasteiger partial charge in [0, 0.05) is 23.6 Å². The average Bonchev–Trinajstić information content (AvgIpc) is 2.79. The van der Waals surface area contributed by atoms with Crippen molar-refractivity contribution in [1.29, 1.82) is 0 Å². The monoisotopic (exact) mass is 488 g/mol. The van der Waals surface area contributed by atoms with Crippen molar-refractivity contribution >= 4 is 34.7 Å². The number of rotatable bonds is 5. The first-order chi connectivity index (χ1) is 16.2. The molecule has 34 heavy (non-hydrogen) atoms. The van der Waals surface area contributed by atoms with E-state index in [4.69, 9.17) is 16.3 Å². The first kappa shape index (κ1) is 23.1. The minimum atomic E-state index is -4.64. The maximum atomic E-state index is 13.0. The van der Waals surface area contributed by atoms with Gasteiger partial charge in [-0.2, -0.15) is 13.2 Å². The van der Waals surface area contributed by atoms with Crippen LogP contribution in [0.3, 0.4) is 0 Å². The Hall–Kier alpha value is -4.05. The molecule has 2 heterocycles. The fourth-order valence-corrected chi connectivity index (χ4v) is 3.31. The van der Waals surface area contributed by atoms with E-state index in [0.29, 0.717) is 22.8 Å². The Morgan fingerprint density at radius 3 is 2.44 bits per heavy atom. The fraction of sp³-hybridized carbons (Fsp3) is 0.0870. The first-order valence-corrected chi connectivity index (χ1v) is 10.2. The predicted molar refractivity (Wildman–Crippen MR) is 121 cm³/mol. The number of fused-ring (bicyclic) bond motifs is 1. The second kappa shape index (κ2) is 9.44. The van der Waals surface area contributed by atoms with E-state index in [0.717, 1.165) is 12.1 Å². The molecule has 0 aliphatic heterocycles. The van der Waals surface area contributed by atoms with Crippen LogP contribution < -0.4 is 20.9 Å². The van der Waals surface area contributed by atoms with Crippen LogP contribution in [0.2, 0.25) is 5.02 Å². The average molecular weight is 489 g/mol. The van der Waals surface area contributed by atoms with Crippen LogP contribution in [-0.4, -0.2) is 15.4 Å². The molecule has 0 atom stereocenters. The Labute approximate surface area is 195 Å². The summed E-state index contributed by atoms with van der Waals surface area (Å²) >= 11 is 5.58. The smallest absolute Gasteiger partial charge is 0.417 e. The highest BCUT2D eigenvalue weighted by Crippen LogP contribution is 2.36. The molecule has 4 rings (SSSR count). The van der Waals surface area contributed by atoms with E-state index in [2.05, 4.69) is 15.6 Å². The Morgan fingerprint density at radius 2 is 1.71 bits per heavy atom. The Bertz CT molecular complexity index is 1410. The molecule has 0 saturated carbocycles. The summed E-state index contributed by atoms with van der Waals surface area (Å²) < 4.78 is 46.0. The summed E-state index contributed by atoms with van der Waals surface area (Å²) in [6.45, 7) is 0.0615. The number of anilines is 2. The van der Waals surface area contributed by atoms with E-state index < -0.39 is 22.8 Å². The van der Waals surface area contributed by atoms with Gasteiger partial charge in [0.15, 0.2) is 0 Å². The van der Waals surface area contributed by atoms with Gasteiger partial charge in [-0.3, -0.25) is 9.20 Å². The van der Waals surface area contributed by atoms with Gasteiger partial charge < -0.3 is 15.4 Å². The summed E-state index contributed by atoms with van der Waals surface area (Å²) in [7, 11) is 0. The minimum Gasteiger partial charge on any atom is -0.487 e. The molecule has 0 unspecified atom stereocenters. The molecule has 0 bridgehead atoms. The quantitative estimate of drug-likeness (QED) is 0.383. The summed E-state index contributed by atoms with van der Waals surface area (Å²) in [6, 6.07) is 15.2. The molecule has 4 aromatic rings. The largest absolute Gasteiger partial charge is 0.487 e. The second-order valence-corrected chi connectivity index (χ2v) is 7.51. The topological polar surface area (TPSA) is 84.7 Å². The van der Waals surface area contributed by atoms with Crippen LogP contribution >= 0.6 is 11.6 Å². The Kier molecular flexibility index (Phi) is 6.42. The van der Waals surface area contributed by atoms with Crippen LogP contribution in [0.1, 0.15) is 11.3 Å². The molecule has 2 aromatic heterocycles. The normalized spacial score (nSPS) is 11.3. The van der Waals surface area contributed by atoms with Gasteiger partial charge in [0.05, 0.1) is 16.3 Å². The fourth-order valence-electron chi connectivity index (χ4n) is 3.08. The van der Waals surface area contributed by atoms with Gasteiger partial charge in [0.1, 0.15) is 18.0 Å². The molecule has 174 valence electrons. The van der Waals surface area contributed by atoms with Gasteiger partial charge in [-0.1, -0.05) is 17.7 Å². The van der Waals surface area contributed by atoms with Crippen molar-refractivity contribution in [3.05, 3.63) is 99.6 Å². The summed E-state index contributed by atoms with van der Waals surface area (Å²) in [4.78, 5) is 28.7. The summed E-state index contributed by atoms with van der Waals surface area (Å²) in [5.74, 6) is 0.466. The van der Waals surface area contributed by atoms with Crippen LogP contribution in [0.15, 0.2) is 77.7 Å². The lowest BCUT2D eigenvalue weighted by Crippen LogP contribution is -2.20. The van der Waals surface area contributed by atoms with Crippen molar-refractivity contribution in [2.45, 2.75) is 12.8 Å². The van der Waals surface area contributed by atoms with Gasteiger partial charge >= 0.3 is 12.2 Å². The van der Waals surface area contributed by atoms with Gasteiger partial charge in [-0.25, -0.2) is 9.78 Å². The Balaban J connectivity index is 1.36. The number of carbonyl (C=O) groups excluding carboxylic acids is 1. The lowest BCUT2D eigenvalue weighted by molar-refractivity contribution is -0.137. The maximum Gasteiger partial charge on any atom is 0.417 e. The highest BCUT2D eigenvalue weighted by Gasteiger charge is 2.33. The predicted octanol–water partition coefficient (Wildman–Crippen LogP) is 5.59.